The van der Waals surface area contributed by atoms with E-state index in [-0.39, 0.29) is 0 Å². The second-order valence-electron chi connectivity index (χ2n) is 4.33. The highest BCUT2D eigenvalue weighted by atomic mass is 35.5. The Labute approximate surface area is 125 Å². The van der Waals surface area contributed by atoms with Crippen molar-refractivity contribution in [3.8, 4) is 0 Å². The number of benzene rings is 1. The predicted molar refractivity (Wildman–Crippen MR) is 82.0 cm³/mol. The summed E-state index contributed by atoms with van der Waals surface area (Å²) in [7, 11) is 0. The first kappa shape index (κ1) is 16.1. The monoisotopic (exact) mass is 307 g/mol. The Morgan fingerprint density at radius 1 is 1.11 bits per heavy atom. The Balaban J connectivity index is 2.89. The first-order valence-electron chi connectivity index (χ1n) is 6.36. The van der Waals surface area contributed by atoms with Gasteiger partial charge in [0.2, 0.25) is 0 Å². The normalized spacial score (nSPS) is 11.5. The molecule has 0 fully saturated rings. The minimum atomic E-state index is 0.524. The molecule has 0 N–H and O–H groups in total. The molecule has 0 heterocycles. The van der Waals surface area contributed by atoms with E-state index in [0.29, 0.717) is 11.9 Å². The number of alkyl halides is 1. The summed E-state index contributed by atoms with van der Waals surface area (Å²) in [5.41, 5.74) is 0.998. The maximum Gasteiger partial charge on any atom is 0.0465 e. The third kappa shape index (κ3) is 4.31. The smallest absolute Gasteiger partial charge is 0.0465 e. The topological polar surface area (TPSA) is 3.24 Å². The van der Waals surface area contributed by atoms with E-state index >= 15 is 0 Å². The Morgan fingerprint density at radius 2 is 1.67 bits per heavy atom. The molecule has 18 heavy (non-hydrogen) atoms. The van der Waals surface area contributed by atoms with Gasteiger partial charge in [-0.3, -0.25) is 4.90 Å². The minimum absolute atomic E-state index is 0.524. The van der Waals surface area contributed by atoms with Crippen molar-refractivity contribution in [1.82, 2.24) is 4.90 Å². The minimum Gasteiger partial charge on any atom is -0.295 e. The lowest BCUT2D eigenvalue weighted by Crippen LogP contribution is -2.35. The van der Waals surface area contributed by atoms with E-state index in [1.54, 1.807) is 0 Å². The molecular weight excluding hydrogens is 289 g/mol. The summed E-state index contributed by atoms with van der Waals surface area (Å²) in [6.45, 7) is 6.01. The van der Waals surface area contributed by atoms with Gasteiger partial charge in [-0.15, -0.1) is 11.6 Å². The van der Waals surface area contributed by atoms with Crippen molar-refractivity contribution in [2.24, 2.45) is 0 Å². The zero-order valence-electron chi connectivity index (χ0n) is 10.9. The number of hydrogen-bond acceptors (Lipinski definition) is 1. The molecule has 0 amide bonds. The second kappa shape index (κ2) is 8.27. The molecule has 1 nitrogen and oxygen atoms in total. The third-order valence-electron chi connectivity index (χ3n) is 3.25. The van der Waals surface area contributed by atoms with Gasteiger partial charge in [0.25, 0.3) is 0 Å². The van der Waals surface area contributed by atoms with E-state index in [1.807, 2.05) is 18.2 Å². The van der Waals surface area contributed by atoms with Crippen molar-refractivity contribution in [1.29, 1.82) is 0 Å². The highest BCUT2D eigenvalue weighted by Gasteiger charge is 2.17. The summed E-state index contributed by atoms with van der Waals surface area (Å²) in [6.07, 6.45) is 2.21. The SMILES string of the molecule is CCC(CC)N(CCCl)Cc1c(Cl)cccc1Cl. The van der Waals surface area contributed by atoms with Crippen LogP contribution in [-0.2, 0) is 6.54 Å². The fraction of sp³-hybridized carbons (Fsp3) is 0.571. The molecule has 1 aromatic rings. The molecule has 0 saturated carbocycles. The van der Waals surface area contributed by atoms with Crippen molar-refractivity contribution >= 4 is 34.8 Å². The summed E-state index contributed by atoms with van der Waals surface area (Å²) in [5.74, 6) is 0.624. The zero-order valence-corrected chi connectivity index (χ0v) is 13.2. The molecule has 102 valence electrons. The van der Waals surface area contributed by atoms with Crippen molar-refractivity contribution in [2.45, 2.75) is 39.3 Å². The van der Waals surface area contributed by atoms with Crippen LogP contribution < -0.4 is 0 Å². The van der Waals surface area contributed by atoms with Gasteiger partial charge >= 0.3 is 0 Å². The first-order valence-corrected chi connectivity index (χ1v) is 7.65. The Bertz CT molecular complexity index is 344. The second-order valence-corrected chi connectivity index (χ2v) is 5.52. The Morgan fingerprint density at radius 3 is 2.11 bits per heavy atom. The number of rotatable bonds is 7. The molecule has 0 bridgehead atoms. The van der Waals surface area contributed by atoms with Crippen molar-refractivity contribution in [3.63, 3.8) is 0 Å². The lowest BCUT2D eigenvalue weighted by atomic mass is 10.1. The predicted octanol–water partition coefficient (Wildman–Crippen LogP) is 5.22. The molecule has 0 aliphatic carbocycles. The van der Waals surface area contributed by atoms with Gasteiger partial charge in [0.15, 0.2) is 0 Å². The Kier molecular flexibility index (Phi) is 7.40. The summed E-state index contributed by atoms with van der Waals surface area (Å²) in [6, 6.07) is 6.16. The van der Waals surface area contributed by atoms with Gasteiger partial charge in [0.1, 0.15) is 0 Å². The molecule has 0 spiro atoms. The number of hydrogen-bond donors (Lipinski definition) is 0. The third-order valence-corrected chi connectivity index (χ3v) is 4.13. The van der Waals surface area contributed by atoms with Crippen molar-refractivity contribution in [2.75, 3.05) is 12.4 Å². The molecule has 1 rings (SSSR count). The Hall–Kier alpha value is 0.0500. The highest BCUT2D eigenvalue weighted by Crippen LogP contribution is 2.27. The summed E-state index contributed by atoms with van der Waals surface area (Å²) in [4.78, 5) is 2.36. The van der Waals surface area contributed by atoms with E-state index in [2.05, 4.69) is 18.7 Å². The van der Waals surface area contributed by atoms with Gasteiger partial charge in [0, 0.05) is 40.6 Å². The van der Waals surface area contributed by atoms with E-state index in [0.717, 1.165) is 41.5 Å². The van der Waals surface area contributed by atoms with Gasteiger partial charge in [-0.2, -0.15) is 0 Å². The molecule has 4 heteroatoms. The molecule has 0 radical (unpaired) electrons. The highest BCUT2D eigenvalue weighted by molar-refractivity contribution is 6.35. The average Bonchev–Trinajstić information content (AvgIpc) is 2.35. The summed E-state index contributed by atoms with van der Waals surface area (Å²) in [5, 5.41) is 1.46. The molecule has 0 unspecified atom stereocenters. The van der Waals surface area contributed by atoms with Gasteiger partial charge in [-0.05, 0) is 25.0 Å². The number of halogens is 3. The van der Waals surface area contributed by atoms with Gasteiger partial charge in [0.05, 0.1) is 0 Å². The van der Waals surface area contributed by atoms with Crippen molar-refractivity contribution in [3.05, 3.63) is 33.8 Å². The van der Waals surface area contributed by atoms with Crippen LogP contribution in [0.25, 0.3) is 0 Å². The van der Waals surface area contributed by atoms with Crippen LogP contribution in [0.1, 0.15) is 32.3 Å². The summed E-state index contributed by atoms with van der Waals surface area (Å²) < 4.78 is 0. The fourth-order valence-electron chi connectivity index (χ4n) is 2.19. The largest absolute Gasteiger partial charge is 0.295 e. The van der Waals surface area contributed by atoms with Gasteiger partial charge in [-0.25, -0.2) is 0 Å². The quantitative estimate of drug-likeness (QED) is 0.624. The molecule has 1 aromatic carbocycles. The average molecular weight is 309 g/mol. The van der Waals surface area contributed by atoms with Crippen LogP contribution in [0.2, 0.25) is 10.0 Å². The van der Waals surface area contributed by atoms with Crippen LogP contribution in [0.3, 0.4) is 0 Å². The fourth-order valence-corrected chi connectivity index (χ4v) is 2.92. The van der Waals surface area contributed by atoms with Crippen LogP contribution >= 0.6 is 34.8 Å². The molecule has 0 aromatic heterocycles. The number of nitrogens with zero attached hydrogens (tertiary/aromatic N) is 1. The maximum absolute atomic E-state index is 6.22. The van der Waals surface area contributed by atoms with Gasteiger partial charge < -0.3 is 0 Å². The lowest BCUT2D eigenvalue weighted by Gasteiger charge is -2.30. The molecular formula is C14H20Cl3N. The van der Waals surface area contributed by atoms with E-state index in [9.17, 15) is 0 Å². The van der Waals surface area contributed by atoms with Crippen LogP contribution in [0.5, 0.6) is 0 Å². The maximum atomic E-state index is 6.22. The summed E-state index contributed by atoms with van der Waals surface area (Å²) >= 11 is 18.3. The molecule has 0 atom stereocenters. The first-order chi connectivity index (χ1) is 8.63. The van der Waals surface area contributed by atoms with E-state index in [4.69, 9.17) is 34.8 Å². The van der Waals surface area contributed by atoms with Crippen LogP contribution in [0.15, 0.2) is 18.2 Å². The van der Waals surface area contributed by atoms with Crippen molar-refractivity contribution < 1.29 is 0 Å². The van der Waals surface area contributed by atoms with Crippen LogP contribution in [0, 0.1) is 0 Å². The van der Waals surface area contributed by atoms with Gasteiger partial charge in [-0.1, -0.05) is 43.1 Å². The zero-order chi connectivity index (χ0) is 13.5. The molecule has 0 saturated heterocycles. The standard InChI is InChI=1S/C14H20Cl3N/c1-3-11(4-2)18(9-8-15)10-12-13(16)6-5-7-14(12)17/h5-7,11H,3-4,8-10H2,1-2H3. The van der Waals surface area contributed by atoms with E-state index < -0.39 is 0 Å². The molecule has 0 aliphatic heterocycles. The molecule has 0 aliphatic rings. The van der Waals surface area contributed by atoms with Crippen LogP contribution in [-0.4, -0.2) is 23.4 Å². The van der Waals surface area contributed by atoms with Crippen LogP contribution in [0.4, 0.5) is 0 Å². The lowest BCUT2D eigenvalue weighted by molar-refractivity contribution is 0.188. The van der Waals surface area contributed by atoms with E-state index in [1.165, 1.54) is 0 Å².